The van der Waals surface area contributed by atoms with E-state index in [2.05, 4.69) is 26.0 Å². The Morgan fingerprint density at radius 1 is 1.12 bits per heavy atom. The van der Waals surface area contributed by atoms with E-state index in [0.29, 0.717) is 16.7 Å². The molecule has 33 heavy (non-hydrogen) atoms. The average molecular weight is 507 g/mol. The van der Waals surface area contributed by atoms with E-state index >= 15 is 0 Å². The highest BCUT2D eigenvalue weighted by molar-refractivity contribution is 9.10. The second-order valence-corrected chi connectivity index (χ2v) is 9.08. The quantitative estimate of drug-likeness (QED) is 0.373. The minimum Gasteiger partial charge on any atom is -0.478 e. The lowest BCUT2D eigenvalue weighted by atomic mass is 10.2. The van der Waals surface area contributed by atoms with Crippen molar-refractivity contribution in [3.8, 4) is 5.69 Å². The summed E-state index contributed by atoms with van der Waals surface area (Å²) in [6, 6.07) is 14.1. The largest absolute Gasteiger partial charge is 0.478 e. The highest BCUT2D eigenvalue weighted by Gasteiger charge is 2.15. The molecule has 0 spiro atoms. The number of aromatic nitrogens is 3. The highest BCUT2D eigenvalue weighted by atomic mass is 79.9. The molecule has 0 atom stereocenters. The summed E-state index contributed by atoms with van der Waals surface area (Å²) in [5.74, 6) is -0.370. The predicted octanol–water partition coefficient (Wildman–Crippen LogP) is 5.27. The Morgan fingerprint density at radius 3 is 2.45 bits per heavy atom. The molecular formula is C25H23BrN4O3. The molecule has 168 valence electrons. The van der Waals surface area contributed by atoms with E-state index in [-0.39, 0.29) is 17.0 Å². The number of aryl methyl sites for hydroxylation is 1. The average Bonchev–Trinajstić information content (AvgIpc) is 3.06. The Hall–Kier alpha value is -3.52. The van der Waals surface area contributed by atoms with Crippen molar-refractivity contribution in [2.45, 2.75) is 33.6 Å². The third-order valence-electron chi connectivity index (χ3n) is 5.50. The molecule has 0 aliphatic rings. The number of nitrogens with zero attached hydrogens (tertiary/aromatic N) is 4. The summed E-state index contributed by atoms with van der Waals surface area (Å²) in [6.45, 7) is 7.88. The molecule has 4 aromatic rings. The van der Waals surface area contributed by atoms with Gasteiger partial charge < -0.3 is 9.67 Å². The third kappa shape index (κ3) is 4.26. The summed E-state index contributed by atoms with van der Waals surface area (Å²) in [4.78, 5) is 29.1. The Kier molecular flexibility index (Phi) is 6.03. The van der Waals surface area contributed by atoms with Crippen molar-refractivity contribution in [2.24, 2.45) is 5.10 Å². The molecule has 8 heteroatoms. The smallest absolute Gasteiger partial charge is 0.335 e. The van der Waals surface area contributed by atoms with Crippen molar-refractivity contribution in [1.82, 2.24) is 14.2 Å². The van der Waals surface area contributed by atoms with Gasteiger partial charge in [-0.05, 0) is 62.4 Å². The molecule has 0 fully saturated rings. The van der Waals surface area contributed by atoms with E-state index in [1.54, 1.807) is 36.5 Å². The number of fused-ring (bicyclic) bond motifs is 1. The first kappa shape index (κ1) is 22.7. The van der Waals surface area contributed by atoms with Crippen molar-refractivity contribution in [2.75, 3.05) is 0 Å². The van der Waals surface area contributed by atoms with Gasteiger partial charge in [-0.1, -0.05) is 29.8 Å². The lowest BCUT2D eigenvalue weighted by Crippen LogP contribution is -2.23. The van der Waals surface area contributed by atoms with E-state index in [1.807, 2.05) is 50.5 Å². The fourth-order valence-corrected chi connectivity index (χ4v) is 4.20. The van der Waals surface area contributed by atoms with Crippen LogP contribution in [0.2, 0.25) is 0 Å². The molecule has 0 amide bonds. The zero-order valence-electron chi connectivity index (χ0n) is 18.7. The summed E-state index contributed by atoms with van der Waals surface area (Å²) in [6.07, 6.45) is 1.67. The molecule has 0 aliphatic heterocycles. The van der Waals surface area contributed by atoms with Gasteiger partial charge >= 0.3 is 5.97 Å². The van der Waals surface area contributed by atoms with Crippen LogP contribution in [0.25, 0.3) is 16.6 Å². The van der Waals surface area contributed by atoms with Gasteiger partial charge in [0.2, 0.25) is 0 Å². The number of carbonyl (C=O) groups is 1. The number of benzene rings is 2. The molecule has 0 unspecified atom stereocenters. The highest BCUT2D eigenvalue weighted by Crippen LogP contribution is 2.22. The van der Waals surface area contributed by atoms with Gasteiger partial charge in [0.15, 0.2) is 0 Å². The van der Waals surface area contributed by atoms with Crippen LogP contribution in [-0.4, -0.2) is 31.5 Å². The number of hydrogen-bond donors (Lipinski definition) is 1. The first-order valence-electron chi connectivity index (χ1n) is 10.5. The minimum atomic E-state index is -0.960. The van der Waals surface area contributed by atoms with Crippen molar-refractivity contribution < 1.29 is 9.90 Å². The van der Waals surface area contributed by atoms with Gasteiger partial charge in [0.1, 0.15) is 5.82 Å². The van der Waals surface area contributed by atoms with Crippen LogP contribution in [0.4, 0.5) is 0 Å². The minimum absolute atomic E-state index is 0.00285. The van der Waals surface area contributed by atoms with Crippen LogP contribution in [-0.2, 0) is 0 Å². The van der Waals surface area contributed by atoms with Crippen molar-refractivity contribution in [3.63, 3.8) is 0 Å². The zero-order chi connectivity index (χ0) is 23.9. The maximum atomic E-state index is 13.2. The maximum absolute atomic E-state index is 13.2. The summed E-state index contributed by atoms with van der Waals surface area (Å²) in [7, 11) is 0. The van der Waals surface area contributed by atoms with Crippen LogP contribution in [0.15, 0.2) is 62.9 Å². The maximum Gasteiger partial charge on any atom is 0.335 e. The Labute approximate surface area is 199 Å². The molecule has 0 saturated heterocycles. The Balaban J connectivity index is 1.79. The van der Waals surface area contributed by atoms with E-state index in [0.717, 1.165) is 27.1 Å². The molecule has 7 nitrogen and oxygen atoms in total. The van der Waals surface area contributed by atoms with Gasteiger partial charge in [0.25, 0.3) is 5.56 Å². The lowest BCUT2D eigenvalue weighted by Gasteiger charge is -2.12. The van der Waals surface area contributed by atoms with Crippen LogP contribution >= 0.6 is 15.9 Å². The van der Waals surface area contributed by atoms with Crippen LogP contribution in [0.5, 0.6) is 0 Å². The van der Waals surface area contributed by atoms with Gasteiger partial charge in [-0.25, -0.2) is 9.78 Å². The van der Waals surface area contributed by atoms with Crippen molar-refractivity contribution in [1.29, 1.82) is 0 Å². The summed E-state index contributed by atoms with van der Waals surface area (Å²) >= 11 is 3.42. The molecule has 1 N–H and O–H groups in total. The molecule has 2 heterocycles. The molecule has 2 aromatic carbocycles. The summed E-state index contributed by atoms with van der Waals surface area (Å²) in [5.41, 5.74) is 4.25. The third-order valence-corrected chi connectivity index (χ3v) is 6.00. The van der Waals surface area contributed by atoms with E-state index in [1.165, 1.54) is 4.68 Å². The van der Waals surface area contributed by atoms with Crippen LogP contribution in [0, 0.1) is 13.8 Å². The summed E-state index contributed by atoms with van der Waals surface area (Å²) in [5, 5.41) is 14.2. The topological polar surface area (TPSA) is 89.5 Å². The number of carboxylic acids is 1. The van der Waals surface area contributed by atoms with Crippen molar-refractivity contribution >= 4 is 39.0 Å². The molecule has 0 radical (unpaired) electrons. The standard InChI is InChI=1S/C25H23BrN4O3/c1-14(2)23-28-22-10-7-19(26)12-21(22)24(31)30(23)27-13-18-11-15(3)29(16(18)4)20-8-5-17(6-9-20)25(32)33/h5-14H,1-4H3,(H,32,33). The predicted molar refractivity (Wildman–Crippen MR) is 133 cm³/mol. The molecule has 0 aliphatic carbocycles. The molecule has 4 rings (SSSR count). The fraction of sp³-hybridized carbons (Fsp3) is 0.200. The molecule has 0 saturated carbocycles. The van der Waals surface area contributed by atoms with Crippen LogP contribution in [0.3, 0.4) is 0 Å². The van der Waals surface area contributed by atoms with Gasteiger partial charge in [-0.3, -0.25) is 4.79 Å². The van der Waals surface area contributed by atoms with Gasteiger partial charge in [0.05, 0.1) is 22.7 Å². The van der Waals surface area contributed by atoms with E-state index < -0.39 is 5.97 Å². The second-order valence-electron chi connectivity index (χ2n) is 8.16. The molecular weight excluding hydrogens is 484 g/mol. The first-order chi connectivity index (χ1) is 15.7. The number of hydrogen-bond acceptors (Lipinski definition) is 4. The number of rotatable bonds is 5. The Morgan fingerprint density at radius 2 is 1.82 bits per heavy atom. The number of aromatic carboxylic acids is 1. The van der Waals surface area contributed by atoms with Crippen molar-refractivity contribution in [3.05, 3.63) is 91.7 Å². The van der Waals surface area contributed by atoms with Crippen LogP contribution < -0.4 is 5.56 Å². The van der Waals surface area contributed by atoms with E-state index in [4.69, 9.17) is 5.11 Å². The first-order valence-corrected chi connectivity index (χ1v) is 11.3. The summed E-state index contributed by atoms with van der Waals surface area (Å²) < 4.78 is 4.20. The fourth-order valence-electron chi connectivity index (χ4n) is 3.84. The number of halogens is 1. The SMILES string of the molecule is Cc1cc(C=Nn2c(C(C)C)nc3ccc(Br)cc3c2=O)c(C)n1-c1ccc(C(=O)O)cc1. The van der Waals surface area contributed by atoms with Gasteiger partial charge in [0, 0.05) is 33.0 Å². The van der Waals surface area contributed by atoms with Gasteiger partial charge in [-0.15, -0.1) is 0 Å². The Bertz CT molecular complexity index is 1460. The van der Waals surface area contributed by atoms with E-state index in [9.17, 15) is 9.59 Å². The number of carboxylic acid groups (broad SMARTS) is 1. The monoisotopic (exact) mass is 506 g/mol. The van der Waals surface area contributed by atoms with Crippen LogP contribution in [0.1, 0.15) is 52.9 Å². The zero-order valence-corrected chi connectivity index (χ0v) is 20.3. The molecule has 0 bridgehead atoms. The normalized spacial score (nSPS) is 11.7. The molecule has 2 aromatic heterocycles. The second kappa shape index (κ2) is 8.78. The lowest BCUT2D eigenvalue weighted by molar-refractivity contribution is 0.0697. The van der Waals surface area contributed by atoms with Gasteiger partial charge in [-0.2, -0.15) is 9.78 Å².